The Bertz CT molecular complexity index is 543. The Labute approximate surface area is 116 Å². The van der Waals surface area contributed by atoms with Crippen LogP contribution in [0.2, 0.25) is 0 Å². The number of benzene rings is 1. The van der Waals surface area contributed by atoms with Crippen molar-refractivity contribution in [3.8, 4) is 0 Å². The SMILES string of the molecule is O=S1(=O)c2ccccc2N=CN1CCCCCBr. The minimum Gasteiger partial charge on any atom is -0.256 e. The average Bonchev–Trinajstić information content (AvgIpc) is 2.37. The summed E-state index contributed by atoms with van der Waals surface area (Å²) in [5, 5.41) is 0.955. The first-order chi connectivity index (χ1) is 8.66. The summed E-state index contributed by atoms with van der Waals surface area (Å²) in [4.78, 5) is 4.48. The van der Waals surface area contributed by atoms with E-state index in [1.54, 1.807) is 24.3 Å². The zero-order valence-corrected chi connectivity index (χ0v) is 12.3. The highest BCUT2D eigenvalue weighted by Gasteiger charge is 2.27. The molecule has 6 heteroatoms. The molecule has 0 radical (unpaired) electrons. The summed E-state index contributed by atoms with van der Waals surface area (Å²) in [5.41, 5.74) is 0.522. The predicted octanol–water partition coefficient (Wildman–Crippen LogP) is 2.92. The van der Waals surface area contributed by atoms with Crippen molar-refractivity contribution in [2.24, 2.45) is 4.99 Å². The summed E-state index contributed by atoms with van der Waals surface area (Å²) in [6.45, 7) is 0.493. The number of nitrogens with zero attached hydrogens (tertiary/aromatic N) is 2. The van der Waals surface area contributed by atoms with Crippen molar-refractivity contribution in [3.05, 3.63) is 24.3 Å². The lowest BCUT2D eigenvalue weighted by Crippen LogP contribution is -2.32. The van der Waals surface area contributed by atoms with Gasteiger partial charge in [-0.15, -0.1) is 0 Å². The van der Waals surface area contributed by atoms with Gasteiger partial charge in [0.2, 0.25) is 0 Å². The van der Waals surface area contributed by atoms with Gasteiger partial charge in [0.05, 0.1) is 5.69 Å². The number of rotatable bonds is 5. The molecular weight excluding hydrogens is 316 g/mol. The second kappa shape index (κ2) is 5.84. The molecule has 98 valence electrons. The van der Waals surface area contributed by atoms with Crippen molar-refractivity contribution < 1.29 is 8.42 Å². The monoisotopic (exact) mass is 330 g/mol. The van der Waals surface area contributed by atoms with Crippen molar-refractivity contribution in [2.75, 3.05) is 11.9 Å². The zero-order valence-electron chi connectivity index (χ0n) is 9.92. The second-order valence-corrected chi connectivity index (χ2v) is 6.73. The molecule has 0 unspecified atom stereocenters. The fourth-order valence-electron chi connectivity index (χ4n) is 1.81. The first-order valence-corrected chi connectivity index (χ1v) is 8.43. The average molecular weight is 331 g/mol. The molecule has 0 amide bonds. The fourth-order valence-corrected chi connectivity index (χ4v) is 3.64. The van der Waals surface area contributed by atoms with Gasteiger partial charge in [0.15, 0.2) is 0 Å². The van der Waals surface area contributed by atoms with E-state index in [4.69, 9.17) is 0 Å². The Hall–Kier alpha value is -0.880. The smallest absolute Gasteiger partial charge is 0.256 e. The second-order valence-electron chi connectivity index (χ2n) is 4.08. The summed E-state index contributed by atoms with van der Waals surface area (Å²) in [7, 11) is -3.40. The highest BCUT2D eigenvalue weighted by atomic mass is 79.9. The topological polar surface area (TPSA) is 49.7 Å². The lowest BCUT2D eigenvalue weighted by molar-refractivity contribution is 0.508. The number of hydrogen-bond donors (Lipinski definition) is 0. The van der Waals surface area contributed by atoms with Crippen LogP contribution in [-0.4, -0.2) is 30.9 Å². The third kappa shape index (κ3) is 2.75. The number of para-hydroxylation sites is 1. The Balaban J connectivity index is 2.13. The van der Waals surface area contributed by atoms with Crippen LogP contribution in [0.15, 0.2) is 34.2 Å². The lowest BCUT2D eigenvalue weighted by atomic mass is 10.2. The van der Waals surface area contributed by atoms with E-state index in [0.29, 0.717) is 17.1 Å². The molecule has 1 aliphatic rings. The van der Waals surface area contributed by atoms with E-state index in [9.17, 15) is 8.42 Å². The minimum absolute atomic E-state index is 0.299. The Morgan fingerprint density at radius 1 is 1.17 bits per heavy atom. The minimum atomic E-state index is -3.40. The summed E-state index contributed by atoms with van der Waals surface area (Å²) < 4.78 is 25.9. The summed E-state index contributed by atoms with van der Waals surface area (Å²) in [6, 6.07) is 6.83. The normalized spacial score (nSPS) is 16.6. The number of halogens is 1. The highest BCUT2D eigenvalue weighted by Crippen LogP contribution is 2.29. The molecule has 0 aromatic heterocycles. The quantitative estimate of drug-likeness (QED) is 0.615. The van der Waals surface area contributed by atoms with E-state index in [-0.39, 0.29) is 0 Å². The van der Waals surface area contributed by atoms with E-state index in [1.165, 1.54) is 10.6 Å². The van der Waals surface area contributed by atoms with Gasteiger partial charge in [-0.2, -0.15) is 0 Å². The maximum absolute atomic E-state index is 12.3. The van der Waals surface area contributed by atoms with Crippen LogP contribution in [0.4, 0.5) is 5.69 Å². The first-order valence-electron chi connectivity index (χ1n) is 5.87. The van der Waals surface area contributed by atoms with Crippen molar-refractivity contribution >= 4 is 38.0 Å². The van der Waals surface area contributed by atoms with Crippen LogP contribution in [0, 0.1) is 0 Å². The molecule has 0 aliphatic carbocycles. The van der Waals surface area contributed by atoms with E-state index in [1.807, 2.05) is 0 Å². The van der Waals surface area contributed by atoms with Crippen LogP contribution in [0.3, 0.4) is 0 Å². The van der Waals surface area contributed by atoms with E-state index < -0.39 is 10.0 Å². The van der Waals surface area contributed by atoms with E-state index in [2.05, 4.69) is 20.9 Å². The molecule has 1 aliphatic heterocycles. The van der Waals surface area contributed by atoms with Gasteiger partial charge >= 0.3 is 0 Å². The molecule has 4 nitrogen and oxygen atoms in total. The molecule has 0 spiro atoms. The Morgan fingerprint density at radius 2 is 1.94 bits per heavy atom. The van der Waals surface area contributed by atoms with Crippen LogP contribution in [0.5, 0.6) is 0 Å². The number of fused-ring (bicyclic) bond motifs is 1. The maximum Gasteiger partial charge on any atom is 0.267 e. The fraction of sp³-hybridized carbons (Fsp3) is 0.417. The van der Waals surface area contributed by atoms with Gasteiger partial charge in [-0.3, -0.25) is 4.31 Å². The highest BCUT2D eigenvalue weighted by molar-refractivity contribution is 9.09. The molecule has 0 saturated heterocycles. The van der Waals surface area contributed by atoms with Crippen LogP contribution in [-0.2, 0) is 10.0 Å². The van der Waals surface area contributed by atoms with Crippen LogP contribution in [0.1, 0.15) is 19.3 Å². The van der Waals surface area contributed by atoms with Crippen molar-refractivity contribution in [2.45, 2.75) is 24.2 Å². The molecule has 0 bridgehead atoms. The summed E-state index contributed by atoms with van der Waals surface area (Å²) in [5.74, 6) is 0. The molecule has 2 rings (SSSR count). The molecule has 18 heavy (non-hydrogen) atoms. The van der Waals surface area contributed by atoms with Gasteiger partial charge in [-0.1, -0.05) is 34.5 Å². The van der Waals surface area contributed by atoms with Crippen LogP contribution in [0.25, 0.3) is 0 Å². The molecule has 0 N–H and O–H groups in total. The molecule has 1 aromatic rings. The Kier molecular flexibility index (Phi) is 4.40. The third-order valence-electron chi connectivity index (χ3n) is 2.79. The number of unbranched alkanes of at least 4 members (excludes halogenated alkanes) is 2. The molecule has 0 atom stereocenters. The number of sulfonamides is 1. The summed E-state index contributed by atoms with van der Waals surface area (Å²) in [6.07, 6.45) is 4.33. The zero-order chi connectivity index (χ0) is 13.0. The van der Waals surface area contributed by atoms with Crippen molar-refractivity contribution in [1.82, 2.24) is 4.31 Å². The maximum atomic E-state index is 12.3. The van der Waals surface area contributed by atoms with E-state index >= 15 is 0 Å². The predicted molar refractivity (Wildman–Crippen MR) is 76.1 cm³/mol. The summed E-state index contributed by atoms with van der Waals surface area (Å²) >= 11 is 3.36. The molecular formula is C12H15BrN2O2S. The Morgan fingerprint density at radius 3 is 2.72 bits per heavy atom. The van der Waals surface area contributed by atoms with Crippen LogP contribution >= 0.6 is 15.9 Å². The molecule has 1 aromatic carbocycles. The van der Waals surface area contributed by atoms with Gasteiger partial charge in [0.1, 0.15) is 11.2 Å². The van der Waals surface area contributed by atoms with E-state index in [0.717, 1.165) is 24.6 Å². The van der Waals surface area contributed by atoms with Crippen LogP contribution < -0.4 is 0 Å². The van der Waals surface area contributed by atoms with Gasteiger partial charge < -0.3 is 0 Å². The number of aliphatic imine (C=N–C) groups is 1. The first kappa shape index (κ1) is 13.5. The van der Waals surface area contributed by atoms with Crippen molar-refractivity contribution in [1.29, 1.82) is 0 Å². The van der Waals surface area contributed by atoms with Gasteiger partial charge in [-0.05, 0) is 25.0 Å². The number of alkyl halides is 1. The standard InChI is InChI=1S/C12H15BrN2O2S/c13-8-4-1-5-9-15-10-14-11-6-2-3-7-12(11)18(15,16)17/h2-3,6-7,10H,1,4-5,8-9H2. The molecule has 0 fully saturated rings. The third-order valence-corrected chi connectivity index (χ3v) is 5.15. The molecule has 0 saturated carbocycles. The van der Waals surface area contributed by atoms with Crippen molar-refractivity contribution in [3.63, 3.8) is 0 Å². The van der Waals surface area contributed by atoms with Gasteiger partial charge in [-0.25, -0.2) is 13.4 Å². The number of hydrogen-bond acceptors (Lipinski definition) is 3. The molecule has 1 heterocycles. The lowest BCUT2D eigenvalue weighted by Gasteiger charge is -2.23. The van der Waals surface area contributed by atoms with Gasteiger partial charge in [0, 0.05) is 11.9 Å². The largest absolute Gasteiger partial charge is 0.267 e. The van der Waals surface area contributed by atoms with Gasteiger partial charge in [0.25, 0.3) is 10.0 Å².